The van der Waals surface area contributed by atoms with Gasteiger partial charge in [-0.1, -0.05) is 12.1 Å². The topological polar surface area (TPSA) is 109 Å². The Morgan fingerprint density at radius 1 is 1.31 bits per heavy atom. The van der Waals surface area contributed by atoms with Crippen LogP contribution in [-0.2, 0) is 12.2 Å². The number of benzene rings is 2. The first kappa shape index (κ1) is 21.9. The molecule has 1 unspecified atom stereocenters. The molecular formula is C20H17BFN5O4S. The molecule has 0 fully saturated rings. The van der Waals surface area contributed by atoms with E-state index in [2.05, 4.69) is 19.6 Å². The normalized spacial score (nSPS) is 17.5. The number of carbonyl (C=O) groups is 1. The number of anilines is 1. The van der Waals surface area contributed by atoms with E-state index in [0.29, 0.717) is 5.75 Å². The number of ether oxygens (including phenoxy) is 2. The molecule has 0 spiro atoms. The number of halogens is 1. The van der Waals surface area contributed by atoms with Gasteiger partial charge in [0, 0.05) is 41.6 Å². The fourth-order valence-electron chi connectivity index (χ4n) is 3.09. The van der Waals surface area contributed by atoms with Gasteiger partial charge in [-0.25, -0.2) is 13.9 Å². The third-order valence-corrected chi connectivity index (χ3v) is 5.15. The standard InChI is InChI=1S/C20H17BFN5O4S/c1-23-32-26-15-5-2-4-12(18(15)22)11-27-19(28)31-16-10-13(7-8-14(16)20(27,21)29)30-17-6-3-9-24-25-17/h2-10,23,26,29H,11H2,1H3. The zero-order valence-electron chi connectivity index (χ0n) is 16.8. The van der Waals surface area contributed by atoms with Crippen molar-refractivity contribution >= 4 is 31.8 Å². The van der Waals surface area contributed by atoms with Gasteiger partial charge in [-0.15, -0.1) is 5.10 Å². The zero-order chi connectivity index (χ0) is 22.7. The molecule has 0 aliphatic carbocycles. The van der Waals surface area contributed by atoms with E-state index in [1.165, 1.54) is 30.5 Å². The van der Waals surface area contributed by atoms with Gasteiger partial charge in [-0.2, -0.15) is 5.10 Å². The number of fused-ring (bicyclic) bond motifs is 1. The Balaban J connectivity index is 1.59. The summed E-state index contributed by atoms with van der Waals surface area (Å²) in [5.74, 6) is -0.0379. The van der Waals surface area contributed by atoms with Crippen molar-refractivity contribution in [2.75, 3.05) is 11.8 Å². The molecule has 4 rings (SSSR count). The summed E-state index contributed by atoms with van der Waals surface area (Å²) in [6, 6.07) is 12.3. The Bertz CT molecular complexity index is 1140. The third kappa shape index (κ3) is 4.33. The summed E-state index contributed by atoms with van der Waals surface area (Å²) >= 11 is 1.08. The van der Waals surface area contributed by atoms with E-state index in [9.17, 15) is 14.3 Å². The monoisotopic (exact) mass is 453 g/mol. The maximum absolute atomic E-state index is 14.9. The van der Waals surface area contributed by atoms with Gasteiger partial charge in [0.15, 0.2) is 13.7 Å². The second-order valence-electron chi connectivity index (χ2n) is 6.69. The molecule has 2 heterocycles. The van der Waals surface area contributed by atoms with Crippen LogP contribution in [0.4, 0.5) is 14.9 Å². The van der Waals surface area contributed by atoms with E-state index in [4.69, 9.17) is 17.3 Å². The molecule has 9 nitrogen and oxygen atoms in total. The summed E-state index contributed by atoms with van der Waals surface area (Å²) < 4.78 is 31.3. The predicted molar refractivity (Wildman–Crippen MR) is 116 cm³/mol. The molecule has 1 amide bonds. The smallest absolute Gasteiger partial charge is 0.417 e. The summed E-state index contributed by atoms with van der Waals surface area (Å²) in [7, 11) is 7.79. The molecule has 1 aliphatic heterocycles. The van der Waals surface area contributed by atoms with Gasteiger partial charge in [0.1, 0.15) is 17.1 Å². The van der Waals surface area contributed by atoms with Gasteiger partial charge in [0.05, 0.1) is 12.2 Å². The first-order valence-corrected chi connectivity index (χ1v) is 10.2. The van der Waals surface area contributed by atoms with Gasteiger partial charge < -0.3 is 19.3 Å². The highest BCUT2D eigenvalue weighted by Gasteiger charge is 2.42. The maximum Gasteiger partial charge on any atom is 0.417 e. The lowest BCUT2D eigenvalue weighted by atomic mass is 9.80. The minimum atomic E-state index is -2.24. The maximum atomic E-state index is 14.9. The van der Waals surface area contributed by atoms with Crippen LogP contribution in [0.15, 0.2) is 54.7 Å². The second kappa shape index (κ2) is 9.03. The number of nitrogens with one attached hydrogen (secondary N) is 2. The molecule has 32 heavy (non-hydrogen) atoms. The van der Waals surface area contributed by atoms with Crippen molar-refractivity contribution in [1.29, 1.82) is 0 Å². The molecule has 12 heteroatoms. The summed E-state index contributed by atoms with van der Waals surface area (Å²) in [5.41, 5.74) is -1.78. The Hall–Kier alpha value is -3.35. The molecule has 2 radical (unpaired) electrons. The average Bonchev–Trinajstić information content (AvgIpc) is 2.77. The lowest BCUT2D eigenvalue weighted by molar-refractivity contribution is -0.0442. The molecule has 2 aromatic carbocycles. The summed E-state index contributed by atoms with van der Waals surface area (Å²) in [5, 5.41) is 18.5. The van der Waals surface area contributed by atoms with E-state index >= 15 is 0 Å². The lowest BCUT2D eigenvalue weighted by Crippen LogP contribution is -2.53. The van der Waals surface area contributed by atoms with Crippen molar-refractivity contribution in [2.45, 2.75) is 12.2 Å². The number of hydrogen-bond donors (Lipinski definition) is 3. The van der Waals surface area contributed by atoms with Crippen LogP contribution in [-0.4, -0.2) is 41.2 Å². The van der Waals surface area contributed by atoms with Crippen molar-refractivity contribution in [3.8, 4) is 17.4 Å². The molecule has 162 valence electrons. The Morgan fingerprint density at radius 3 is 2.91 bits per heavy atom. The number of amides is 1. The Morgan fingerprint density at radius 2 is 2.16 bits per heavy atom. The van der Waals surface area contributed by atoms with E-state index in [1.54, 1.807) is 31.3 Å². The largest absolute Gasteiger partial charge is 0.437 e. The van der Waals surface area contributed by atoms with E-state index in [0.717, 1.165) is 17.0 Å². The minimum Gasteiger partial charge on any atom is -0.437 e. The highest BCUT2D eigenvalue weighted by molar-refractivity contribution is 7.98. The highest BCUT2D eigenvalue weighted by atomic mass is 32.2. The number of carbonyl (C=O) groups excluding carboxylic acids is 1. The average molecular weight is 453 g/mol. The third-order valence-electron chi connectivity index (χ3n) is 4.62. The molecule has 0 saturated carbocycles. The number of aliphatic hydroxyl groups is 1. The quantitative estimate of drug-likeness (QED) is 0.368. The second-order valence-corrected chi connectivity index (χ2v) is 7.51. The Labute approximate surface area is 188 Å². The first-order chi connectivity index (χ1) is 15.4. The van der Waals surface area contributed by atoms with Gasteiger partial charge in [0.25, 0.3) is 0 Å². The number of aromatic nitrogens is 2. The van der Waals surface area contributed by atoms with E-state index in [1.807, 2.05) is 0 Å². The molecule has 1 atom stereocenters. The van der Waals surface area contributed by atoms with Crippen molar-refractivity contribution in [3.63, 3.8) is 0 Å². The molecular weight excluding hydrogens is 436 g/mol. The fraction of sp³-hybridized carbons (Fsp3) is 0.150. The number of rotatable bonds is 7. The minimum absolute atomic E-state index is 0.0129. The highest BCUT2D eigenvalue weighted by Crippen LogP contribution is 2.40. The lowest BCUT2D eigenvalue weighted by Gasteiger charge is -2.41. The van der Waals surface area contributed by atoms with Gasteiger partial charge in [0.2, 0.25) is 5.88 Å². The van der Waals surface area contributed by atoms with E-state index < -0.39 is 17.5 Å². The first-order valence-electron chi connectivity index (χ1n) is 9.37. The van der Waals surface area contributed by atoms with Gasteiger partial charge in [-0.05, 0) is 31.3 Å². The van der Waals surface area contributed by atoms with Crippen LogP contribution in [0, 0.1) is 5.82 Å². The Kier molecular flexibility index (Phi) is 6.17. The van der Waals surface area contributed by atoms with Crippen molar-refractivity contribution in [3.05, 3.63) is 71.7 Å². The van der Waals surface area contributed by atoms with Crippen molar-refractivity contribution < 1.29 is 23.8 Å². The van der Waals surface area contributed by atoms with Gasteiger partial charge in [-0.3, -0.25) is 4.90 Å². The molecule has 0 bridgehead atoms. The van der Waals surface area contributed by atoms with Crippen molar-refractivity contribution in [2.24, 2.45) is 0 Å². The fourth-order valence-corrected chi connectivity index (χ4v) is 3.46. The van der Waals surface area contributed by atoms with Crippen LogP contribution < -0.4 is 18.9 Å². The molecule has 1 aromatic heterocycles. The molecule has 0 saturated heterocycles. The van der Waals surface area contributed by atoms with Crippen LogP contribution >= 0.6 is 12.1 Å². The van der Waals surface area contributed by atoms with Crippen LogP contribution in [0.5, 0.6) is 17.4 Å². The summed E-state index contributed by atoms with van der Waals surface area (Å²) in [6.07, 6.45) is 0.556. The summed E-state index contributed by atoms with van der Waals surface area (Å²) in [4.78, 5) is 13.5. The molecule has 3 N–H and O–H groups in total. The summed E-state index contributed by atoms with van der Waals surface area (Å²) in [6.45, 7) is -0.325. The van der Waals surface area contributed by atoms with Gasteiger partial charge >= 0.3 is 6.09 Å². The molecule has 1 aliphatic rings. The van der Waals surface area contributed by atoms with Crippen LogP contribution in [0.3, 0.4) is 0 Å². The zero-order valence-corrected chi connectivity index (χ0v) is 17.6. The van der Waals surface area contributed by atoms with E-state index in [-0.39, 0.29) is 35.0 Å². The molecule has 3 aromatic rings. The SMILES string of the molecule is [B]C1(O)c2ccc(Oc3cccnn3)cc2OC(=O)N1Cc1cccc(NSNC)c1F. The number of hydrogen-bond acceptors (Lipinski definition) is 9. The van der Waals surface area contributed by atoms with Crippen LogP contribution in [0.2, 0.25) is 0 Å². The predicted octanol–water partition coefficient (Wildman–Crippen LogP) is 2.89. The number of nitrogens with zero attached hydrogens (tertiary/aromatic N) is 3. The van der Waals surface area contributed by atoms with Crippen molar-refractivity contribution in [1.82, 2.24) is 19.8 Å². The van der Waals surface area contributed by atoms with Crippen LogP contribution in [0.25, 0.3) is 0 Å². The van der Waals surface area contributed by atoms with Crippen LogP contribution in [0.1, 0.15) is 11.1 Å².